The first-order valence-corrected chi connectivity index (χ1v) is 7.62. The number of rotatable bonds is 3. The van der Waals surface area contributed by atoms with Gasteiger partial charge in [-0.2, -0.15) is 0 Å². The van der Waals surface area contributed by atoms with Crippen molar-refractivity contribution >= 4 is 0 Å². The lowest BCUT2D eigenvalue weighted by atomic mass is 9.68. The highest BCUT2D eigenvalue weighted by Gasteiger charge is 2.31. The van der Waals surface area contributed by atoms with Crippen LogP contribution >= 0.6 is 0 Å². The molecule has 2 nitrogen and oxygen atoms in total. The van der Waals surface area contributed by atoms with E-state index in [0.717, 1.165) is 18.0 Å². The first-order chi connectivity index (χ1) is 8.97. The summed E-state index contributed by atoms with van der Waals surface area (Å²) in [4.78, 5) is 4.39. The zero-order chi connectivity index (χ0) is 13.9. The molecule has 1 aromatic rings. The molecule has 0 aliphatic heterocycles. The molecule has 2 N–H and O–H groups in total. The van der Waals surface area contributed by atoms with Crippen LogP contribution in [0.15, 0.2) is 24.4 Å². The molecule has 0 radical (unpaired) electrons. The van der Waals surface area contributed by atoms with Crippen molar-refractivity contribution < 1.29 is 0 Å². The second-order valence-corrected chi connectivity index (χ2v) is 7.17. The van der Waals surface area contributed by atoms with E-state index in [0.29, 0.717) is 11.3 Å². The lowest BCUT2D eigenvalue weighted by Crippen LogP contribution is -2.37. The van der Waals surface area contributed by atoms with E-state index in [9.17, 15) is 0 Å². The van der Waals surface area contributed by atoms with Gasteiger partial charge in [-0.05, 0) is 55.1 Å². The van der Waals surface area contributed by atoms with E-state index in [2.05, 4.69) is 31.8 Å². The first-order valence-electron chi connectivity index (χ1n) is 7.62. The van der Waals surface area contributed by atoms with Crippen molar-refractivity contribution in [3.8, 4) is 0 Å². The molecule has 0 saturated heterocycles. The predicted octanol–water partition coefficient (Wildman–Crippen LogP) is 3.80. The van der Waals surface area contributed by atoms with Crippen LogP contribution in [-0.2, 0) is 6.42 Å². The minimum Gasteiger partial charge on any atom is -0.327 e. The minimum absolute atomic E-state index is 0.274. The topological polar surface area (TPSA) is 38.9 Å². The van der Waals surface area contributed by atoms with Gasteiger partial charge in [0, 0.05) is 24.4 Å². The van der Waals surface area contributed by atoms with Gasteiger partial charge in [-0.15, -0.1) is 0 Å². The fourth-order valence-electron chi connectivity index (χ4n) is 3.34. The van der Waals surface area contributed by atoms with Gasteiger partial charge < -0.3 is 5.73 Å². The fourth-order valence-corrected chi connectivity index (χ4v) is 3.34. The van der Waals surface area contributed by atoms with Crippen LogP contribution in [-0.4, -0.2) is 11.0 Å². The predicted molar refractivity (Wildman–Crippen MR) is 80.8 cm³/mol. The summed E-state index contributed by atoms with van der Waals surface area (Å²) < 4.78 is 0. The molecule has 1 aliphatic carbocycles. The van der Waals surface area contributed by atoms with Crippen molar-refractivity contribution in [1.82, 2.24) is 4.98 Å². The van der Waals surface area contributed by atoms with Gasteiger partial charge in [0.25, 0.3) is 0 Å². The average Bonchev–Trinajstić information content (AvgIpc) is 2.39. The van der Waals surface area contributed by atoms with E-state index >= 15 is 0 Å². The highest BCUT2D eigenvalue weighted by Crippen LogP contribution is 2.40. The number of pyridine rings is 1. The SMILES string of the molecule is CC(C)(C)C1CCC(C(N)Cc2ccccn2)CC1. The Bertz CT molecular complexity index is 372. The molecule has 0 spiro atoms. The lowest BCUT2D eigenvalue weighted by molar-refractivity contribution is 0.139. The Morgan fingerprint density at radius 1 is 1.21 bits per heavy atom. The van der Waals surface area contributed by atoms with Gasteiger partial charge >= 0.3 is 0 Å². The van der Waals surface area contributed by atoms with Crippen molar-refractivity contribution in [3.63, 3.8) is 0 Å². The molecule has 1 aromatic heterocycles. The van der Waals surface area contributed by atoms with Crippen molar-refractivity contribution in [2.45, 2.75) is 58.9 Å². The van der Waals surface area contributed by atoms with Gasteiger partial charge in [0.2, 0.25) is 0 Å². The van der Waals surface area contributed by atoms with Crippen LogP contribution in [0.3, 0.4) is 0 Å². The third-order valence-electron chi connectivity index (χ3n) is 4.77. The van der Waals surface area contributed by atoms with E-state index in [1.165, 1.54) is 25.7 Å². The maximum atomic E-state index is 6.39. The molecular formula is C17H28N2. The summed E-state index contributed by atoms with van der Waals surface area (Å²) >= 11 is 0. The Morgan fingerprint density at radius 2 is 1.89 bits per heavy atom. The van der Waals surface area contributed by atoms with Crippen molar-refractivity contribution in [2.75, 3.05) is 0 Å². The molecule has 2 rings (SSSR count). The quantitative estimate of drug-likeness (QED) is 0.897. The summed E-state index contributed by atoms with van der Waals surface area (Å²) in [5.74, 6) is 1.55. The second-order valence-electron chi connectivity index (χ2n) is 7.17. The van der Waals surface area contributed by atoms with Crippen LogP contribution in [0.4, 0.5) is 0 Å². The molecule has 1 saturated carbocycles. The van der Waals surface area contributed by atoms with E-state index < -0.39 is 0 Å². The standard InChI is InChI=1S/C17H28N2/c1-17(2,3)14-9-7-13(8-10-14)16(18)12-15-6-4-5-11-19-15/h4-6,11,13-14,16H,7-10,12,18H2,1-3H3. The molecule has 1 unspecified atom stereocenters. The molecule has 106 valence electrons. The van der Waals surface area contributed by atoms with E-state index in [1.54, 1.807) is 0 Å². The number of hydrogen-bond donors (Lipinski definition) is 1. The molecule has 2 heteroatoms. The van der Waals surface area contributed by atoms with Crippen molar-refractivity contribution in [3.05, 3.63) is 30.1 Å². The highest BCUT2D eigenvalue weighted by molar-refractivity contribution is 5.05. The third-order valence-corrected chi connectivity index (χ3v) is 4.77. The molecule has 1 aliphatic rings. The fraction of sp³-hybridized carbons (Fsp3) is 0.706. The average molecular weight is 260 g/mol. The zero-order valence-electron chi connectivity index (χ0n) is 12.6. The highest BCUT2D eigenvalue weighted by atomic mass is 14.7. The van der Waals surface area contributed by atoms with Gasteiger partial charge in [0.05, 0.1) is 0 Å². The Kier molecular flexibility index (Phi) is 4.62. The Labute approximate surface area is 117 Å². The van der Waals surface area contributed by atoms with E-state index in [1.807, 2.05) is 18.3 Å². The van der Waals surface area contributed by atoms with Gasteiger partial charge in [-0.25, -0.2) is 0 Å². The van der Waals surface area contributed by atoms with Gasteiger partial charge in [0.1, 0.15) is 0 Å². The summed E-state index contributed by atoms with van der Waals surface area (Å²) in [6.07, 6.45) is 8.03. The van der Waals surface area contributed by atoms with Gasteiger partial charge in [-0.1, -0.05) is 26.8 Å². The summed E-state index contributed by atoms with van der Waals surface area (Å²) in [6.45, 7) is 7.10. The van der Waals surface area contributed by atoms with Gasteiger partial charge in [0.15, 0.2) is 0 Å². The van der Waals surface area contributed by atoms with E-state index in [-0.39, 0.29) is 6.04 Å². The number of hydrogen-bond acceptors (Lipinski definition) is 2. The summed E-state index contributed by atoms with van der Waals surface area (Å²) in [7, 11) is 0. The first kappa shape index (κ1) is 14.5. The molecule has 1 heterocycles. The monoisotopic (exact) mass is 260 g/mol. The Hall–Kier alpha value is -0.890. The number of nitrogens with zero attached hydrogens (tertiary/aromatic N) is 1. The Morgan fingerprint density at radius 3 is 2.42 bits per heavy atom. The van der Waals surface area contributed by atoms with E-state index in [4.69, 9.17) is 5.73 Å². The minimum atomic E-state index is 0.274. The van der Waals surface area contributed by atoms with Crippen LogP contribution < -0.4 is 5.73 Å². The van der Waals surface area contributed by atoms with Crippen LogP contribution in [0, 0.1) is 17.3 Å². The molecule has 1 fully saturated rings. The van der Waals surface area contributed by atoms with Crippen LogP contribution in [0.5, 0.6) is 0 Å². The smallest absolute Gasteiger partial charge is 0.0419 e. The van der Waals surface area contributed by atoms with Crippen molar-refractivity contribution in [2.24, 2.45) is 23.0 Å². The van der Waals surface area contributed by atoms with Crippen LogP contribution in [0.1, 0.15) is 52.1 Å². The number of nitrogens with two attached hydrogens (primary N) is 1. The zero-order valence-corrected chi connectivity index (χ0v) is 12.6. The lowest BCUT2D eigenvalue weighted by Gasteiger charge is -2.38. The van der Waals surface area contributed by atoms with Crippen molar-refractivity contribution in [1.29, 1.82) is 0 Å². The maximum absolute atomic E-state index is 6.39. The maximum Gasteiger partial charge on any atom is 0.0419 e. The molecular weight excluding hydrogens is 232 g/mol. The second kappa shape index (κ2) is 6.04. The number of aromatic nitrogens is 1. The molecule has 0 amide bonds. The molecule has 1 atom stereocenters. The van der Waals surface area contributed by atoms with Crippen LogP contribution in [0.25, 0.3) is 0 Å². The molecule has 0 bridgehead atoms. The van der Waals surface area contributed by atoms with Gasteiger partial charge in [-0.3, -0.25) is 4.98 Å². The summed E-state index contributed by atoms with van der Waals surface area (Å²) in [5, 5.41) is 0. The third kappa shape index (κ3) is 4.04. The summed E-state index contributed by atoms with van der Waals surface area (Å²) in [5.41, 5.74) is 7.98. The largest absolute Gasteiger partial charge is 0.327 e. The summed E-state index contributed by atoms with van der Waals surface area (Å²) in [6, 6.07) is 6.37. The van der Waals surface area contributed by atoms with Crippen LogP contribution in [0.2, 0.25) is 0 Å². The normalized spacial score (nSPS) is 26.1. The Balaban J connectivity index is 1.84. The molecule has 19 heavy (non-hydrogen) atoms. The molecule has 0 aromatic carbocycles.